The highest BCUT2D eigenvalue weighted by atomic mass is 16.7. The van der Waals surface area contributed by atoms with Gasteiger partial charge in [-0.25, -0.2) is 9.78 Å². The van der Waals surface area contributed by atoms with E-state index in [1.807, 2.05) is 25.1 Å². The lowest BCUT2D eigenvalue weighted by Gasteiger charge is -2.31. The van der Waals surface area contributed by atoms with Crippen LogP contribution in [0, 0.1) is 17.8 Å². The summed E-state index contributed by atoms with van der Waals surface area (Å²) >= 11 is 0. The van der Waals surface area contributed by atoms with E-state index in [1.54, 1.807) is 0 Å². The van der Waals surface area contributed by atoms with Crippen LogP contribution in [-0.4, -0.2) is 48.9 Å². The Bertz CT molecular complexity index is 1140. The summed E-state index contributed by atoms with van der Waals surface area (Å²) < 4.78 is 21.7. The summed E-state index contributed by atoms with van der Waals surface area (Å²) in [5.74, 6) is 0.0932. The van der Waals surface area contributed by atoms with Crippen LogP contribution in [0.2, 0.25) is 0 Å². The number of aromatic nitrogens is 1. The second-order valence-electron chi connectivity index (χ2n) is 10.5. The lowest BCUT2D eigenvalue weighted by Crippen LogP contribution is -2.43. The van der Waals surface area contributed by atoms with Crippen molar-refractivity contribution in [2.75, 3.05) is 13.9 Å². The maximum absolute atomic E-state index is 13.3. The van der Waals surface area contributed by atoms with Gasteiger partial charge in [0.2, 0.25) is 6.79 Å². The van der Waals surface area contributed by atoms with Gasteiger partial charge in [0, 0.05) is 25.1 Å². The summed E-state index contributed by atoms with van der Waals surface area (Å²) in [6.07, 6.45) is 7.88. The fourth-order valence-electron chi connectivity index (χ4n) is 5.37. The number of pyridine rings is 1. The number of esters is 2. The first-order chi connectivity index (χ1) is 18.9. The van der Waals surface area contributed by atoms with Crippen LogP contribution in [0.4, 0.5) is 0 Å². The third-order valence-corrected chi connectivity index (χ3v) is 7.58. The highest BCUT2D eigenvalue weighted by Crippen LogP contribution is 2.42. The lowest BCUT2D eigenvalue weighted by atomic mass is 9.77. The average molecular weight is 539 g/mol. The van der Waals surface area contributed by atoms with Gasteiger partial charge in [-0.2, -0.15) is 0 Å². The number of nitrogens with zero attached hydrogens (tertiary/aromatic N) is 1. The second-order valence-corrected chi connectivity index (χ2v) is 10.5. The molecule has 0 radical (unpaired) electrons. The molecule has 1 saturated heterocycles. The predicted octanol–water partition coefficient (Wildman–Crippen LogP) is 4.48. The zero-order chi connectivity index (χ0) is 27.8. The van der Waals surface area contributed by atoms with Crippen LogP contribution in [-0.2, 0) is 25.5 Å². The Morgan fingerprint density at radius 2 is 1.87 bits per heavy atom. The van der Waals surface area contributed by atoms with Crippen LogP contribution < -0.4 is 14.8 Å². The number of nitrogens with one attached hydrogen (secondary N) is 1. The number of hydrogen-bond donors (Lipinski definition) is 1. The number of hydrogen-bond acceptors (Lipinski definition) is 8. The van der Waals surface area contributed by atoms with Crippen molar-refractivity contribution in [1.29, 1.82) is 0 Å². The molecule has 1 aromatic heterocycles. The molecule has 2 heterocycles. The monoisotopic (exact) mass is 538 g/mol. The van der Waals surface area contributed by atoms with Crippen molar-refractivity contribution in [3.8, 4) is 11.5 Å². The van der Waals surface area contributed by atoms with E-state index in [2.05, 4.69) is 22.4 Å². The summed E-state index contributed by atoms with van der Waals surface area (Å²) in [7, 11) is 1.43. The number of methoxy groups -OCH3 is 1. The van der Waals surface area contributed by atoms with Crippen molar-refractivity contribution in [3.05, 3.63) is 53.9 Å². The predicted molar refractivity (Wildman–Crippen MR) is 143 cm³/mol. The van der Waals surface area contributed by atoms with Crippen LogP contribution in [0.3, 0.4) is 0 Å². The van der Waals surface area contributed by atoms with Gasteiger partial charge in [-0.15, -0.1) is 0 Å². The van der Waals surface area contributed by atoms with Crippen molar-refractivity contribution in [3.63, 3.8) is 0 Å². The number of carbonyl (C=O) groups excluding carboxylic acids is 3. The molecule has 1 aliphatic heterocycles. The van der Waals surface area contributed by atoms with Gasteiger partial charge in [0.15, 0.2) is 17.2 Å². The third-order valence-electron chi connectivity index (χ3n) is 7.58. The minimum atomic E-state index is -0.827. The van der Waals surface area contributed by atoms with Gasteiger partial charge < -0.3 is 24.3 Å². The van der Waals surface area contributed by atoms with E-state index in [9.17, 15) is 14.4 Å². The number of amides is 1. The van der Waals surface area contributed by atoms with Gasteiger partial charge in [0.1, 0.15) is 12.1 Å². The van der Waals surface area contributed by atoms with E-state index in [-0.39, 0.29) is 29.2 Å². The summed E-state index contributed by atoms with van der Waals surface area (Å²) in [6, 6.07) is 11.0. The highest BCUT2D eigenvalue weighted by molar-refractivity contribution is 5.98. The molecule has 0 spiro atoms. The first-order valence-electron chi connectivity index (χ1n) is 13.7. The second kappa shape index (κ2) is 13.4. The van der Waals surface area contributed by atoms with Crippen molar-refractivity contribution in [1.82, 2.24) is 10.3 Å². The largest absolute Gasteiger partial charge is 0.493 e. The molecule has 9 heteroatoms. The van der Waals surface area contributed by atoms with E-state index >= 15 is 0 Å². The average Bonchev–Trinajstić information content (AvgIpc) is 3.74. The zero-order valence-corrected chi connectivity index (χ0v) is 22.9. The molecule has 0 unspecified atom stereocenters. The first kappa shape index (κ1) is 28.4. The van der Waals surface area contributed by atoms with E-state index in [0.717, 1.165) is 31.6 Å². The fourth-order valence-corrected chi connectivity index (χ4v) is 5.37. The molecular formula is C30H38N2O7. The van der Waals surface area contributed by atoms with Gasteiger partial charge >= 0.3 is 11.9 Å². The van der Waals surface area contributed by atoms with Crippen LogP contribution in [0.5, 0.6) is 11.5 Å². The highest BCUT2D eigenvalue weighted by Gasteiger charge is 2.37. The molecule has 1 aliphatic carbocycles. The van der Waals surface area contributed by atoms with Crippen molar-refractivity contribution >= 4 is 17.8 Å². The molecule has 2 fully saturated rings. The molecule has 1 saturated carbocycles. The third kappa shape index (κ3) is 7.94. The molecule has 1 N–H and O–H groups in total. The lowest BCUT2D eigenvalue weighted by molar-refractivity contribution is -0.154. The zero-order valence-electron chi connectivity index (χ0n) is 22.9. The first-order valence-corrected chi connectivity index (χ1v) is 13.7. The van der Waals surface area contributed by atoms with Crippen molar-refractivity contribution in [2.45, 2.75) is 70.9 Å². The Kier molecular flexibility index (Phi) is 9.79. The van der Waals surface area contributed by atoms with E-state index in [4.69, 9.17) is 18.9 Å². The van der Waals surface area contributed by atoms with Crippen LogP contribution in [0.1, 0.15) is 68.4 Å². The molecule has 1 amide bonds. The molecule has 39 heavy (non-hydrogen) atoms. The Balaban J connectivity index is 1.49. The topological polar surface area (TPSA) is 113 Å². The van der Waals surface area contributed by atoms with E-state index in [1.165, 1.54) is 44.7 Å². The molecule has 2 aliphatic rings. The van der Waals surface area contributed by atoms with E-state index < -0.39 is 30.7 Å². The molecule has 4 rings (SSSR count). The van der Waals surface area contributed by atoms with Gasteiger partial charge in [-0.3, -0.25) is 9.59 Å². The molecular weight excluding hydrogens is 500 g/mol. The SMILES string of the molecule is COc1ccnc(C(=O)N[C@H]2CCC[C@H](CC3CC3)[C@@H](Cc3ccccc3)[C@H](C)OC2=O)c1OCOC(C)=O. The number of rotatable bonds is 10. The molecule has 210 valence electrons. The number of cyclic esters (lactones) is 1. The molecule has 2 aromatic rings. The van der Waals surface area contributed by atoms with Gasteiger partial charge in [0.05, 0.1) is 7.11 Å². The van der Waals surface area contributed by atoms with Crippen LogP contribution in [0.15, 0.2) is 42.6 Å². The van der Waals surface area contributed by atoms with Crippen LogP contribution >= 0.6 is 0 Å². The summed E-state index contributed by atoms with van der Waals surface area (Å²) in [4.78, 5) is 41.9. The van der Waals surface area contributed by atoms with Gasteiger partial charge in [-0.1, -0.05) is 49.6 Å². The number of carbonyl (C=O) groups is 3. The minimum Gasteiger partial charge on any atom is -0.493 e. The Hall–Kier alpha value is -3.62. The maximum Gasteiger partial charge on any atom is 0.328 e. The summed E-state index contributed by atoms with van der Waals surface area (Å²) in [5.41, 5.74) is 1.16. The summed E-state index contributed by atoms with van der Waals surface area (Å²) in [5, 5.41) is 2.81. The quantitative estimate of drug-likeness (QED) is 0.348. The standard InChI is InChI=1S/C30H38N2O7/c1-19-24(17-21-8-5-4-6-9-21)23(16-22-12-13-22)10-7-11-25(30(35)39-19)32-29(34)27-28(38-18-37-20(2)33)26(36-3)14-15-31-27/h4-6,8-9,14-15,19,22-25H,7,10-13,16-18H2,1-3H3,(H,32,34)/t19-,23+,24-,25-/m0/s1. The van der Waals surface area contributed by atoms with Crippen molar-refractivity contribution < 1.29 is 33.3 Å². The van der Waals surface area contributed by atoms with Gasteiger partial charge in [-0.05, 0) is 50.0 Å². The minimum absolute atomic E-state index is 0.0241. The molecule has 1 aromatic carbocycles. The molecule has 0 bridgehead atoms. The number of ether oxygens (including phenoxy) is 4. The van der Waals surface area contributed by atoms with Crippen LogP contribution in [0.25, 0.3) is 0 Å². The molecule has 9 nitrogen and oxygen atoms in total. The summed E-state index contributed by atoms with van der Waals surface area (Å²) in [6.45, 7) is 2.81. The normalized spacial score (nSPS) is 23.4. The smallest absolute Gasteiger partial charge is 0.328 e. The van der Waals surface area contributed by atoms with Crippen molar-refractivity contribution in [2.24, 2.45) is 17.8 Å². The maximum atomic E-state index is 13.3. The fraction of sp³-hybridized carbons (Fsp3) is 0.533. The Morgan fingerprint density at radius 3 is 2.56 bits per heavy atom. The molecule has 4 atom stereocenters. The Labute approximate surface area is 229 Å². The Morgan fingerprint density at radius 1 is 1.10 bits per heavy atom. The number of benzene rings is 1. The van der Waals surface area contributed by atoms with Gasteiger partial charge in [0.25, 0.3) is 5.91 Å². The van der Waals surface area contributed by atoms with E-state index in [0.29, 0.717) is 12.3 Å².